The predicted molar refractivity (Wildman–Crippen MR) is 96.4 cm³/mol. The van der Waals surface area contributed by atoms with E-state index in [4.69, 9.17) is 10.5 Å². The van der Waals surface area contributed by atoms with E-state index in [-0.39, 0.29) is 6.04 Å². The molecule has 1 atom stereocenters. The molecule has 3 rings (SSSR count). The van der Waals surface area contributed by atoms with Crippen LogP contribution in [0, 0.1) is 13.8 Å². The first-order valence-electron chi connectivity index (χ1n) is 8.36. The van der Waals surface area contributed by atoms with Crippen LogP contribution in [-0.4, -0.2) is 29.2 Å². The number of benzene rings is 1. The third-order valence-electron chi connectivity index (χ3n) is 4.22. The fourth-order valence-electron chi connectivity index (χ4n) is 3.01. The van der Waals surface area contributed by atoms with Crippen LogP contribution in [-0.2, 0) is 13.0 Å². The van der Waals surface area contributed by atoms with Gasteiger partial charge in [-0.15, -0.1) is 0 Å². The maximum atomic E-state index is 6.03. The summed E-state index contributed by atoms with van der Waals surface area (Å²) in [5.74, 6) is 2.10. The van der Waals surface area contributed by atoms with Gasteiger partial charge < -0.3 is 21.1 Å². The molecule has 1 aliphatic rings. The average Bonchev–Trinajstić information content (AvgIpc) is 2.54. The van der Waals surface area contributed by atoms with Crippen molar-refractivity contribution < 1.29 is 4.74 Å². The Morgan fingerprint density at radius 2 is 2.04 bits per heavy atom. The zero-order chi connectivity index (χ0) is 17.1. The molecule has 1 aromatic carbocycles. The van der Waals surface area contributed by atoms with Gasteiger partial charge in [0, 0.05) is 12.1 Å². The Labute approximate surface area is 142 Å². The number of nitrogens with two attached hydrogens (primary N) is 1. The van der Waals surface area contributed by atoms with Crippen LogP contribution in [0.4, 0.5) is 11.8 Å². The van der Waals surface area contributed by atoms with E-state index in [1.807, 2.05) is 6.07 Å². The van der Waals surface area contributed by atoms with Crippen LogP contribution in [0.25, 0.3) is 0 Å². The summed E-state index contributed by atoms with van der Waals surface area (Å²) >= 11 is 0. The van der Waals surface area contributed by atoms with E-state index >= 15 is 0 Å². The molecule has 4 N–H and O–H groups in total. The predicted octanol–water partition coefficient (Wildman–Crippen LogP) is 2.20. The molecule has 1 aromatic heterocycles. The molecule has 24 heavy (non-hydrogen) atoms. The van der Waals surface area contributed by atoms with Crippen LogP contribution in [0.3, 0.4) is 0 Å². The number of nitrogens with one attached hydrogen (secondary N) is 2. The Morgan fingerprint density at radius 1 is 1.29 bits per heavy atom. The standard InChI is InChI=1S/C18H25N5O/c1-11-5-4-6-12(2)16(11)24-10-13(3)21-17-14-7-8-20-9-15(14)22-18(19)23-17/h4-6,13,20H,7-10H2,1-3H3,(H3,19,21,22,23). The lowest BCUT2D eigenvalue weighted by Crippen LogP contribution is -2.30. The summed E-state index contributed by atoms with van der Waals surface area (Å²) in [6.45, 7) is 8.44. The van der Waals surface area contributed by atoms with Crippen LogP contribution in [0.2, 0.25) is 0 Å². The van der Waals surface area contributed by atoms with Gasteiger partial charge in [0.15, 0.2) is 0 Å². The van der Waals surface area contributed by atoms with Crippen molar-refractivity contribution in [2.24, 2.45) is 0 Å². The number of aromatic nitrogens is 2. The molecule has 0 fully saturated rings. The molecule has 0 saturated heterocycles. The number of hydrogen-bond donors (Lipinski definition) is 3. The SMILES string of the molecule is Cc1cccc(C)c1OCC(C)Nc1nc(N)nc2c1CCNC2. The van der Waals surface area contributed by atoms with E-state index in [0.29, 0.717) is 12.6 Å². The van der Waals surface area contributed by atoms with E-state index in [2.05, 4.69) is 53.5 Å². The number of aryl methyl sites for hydroxylation is 2. The molecule has 0 bridgehead atoms. The molecule has 1 aliphatic heterocycles. The summed E-state index contributed by atoms with van der Waals surface area (Å²) in [5.41, 5.74) is 10.3. The second-order valence-corrected chi connectivity index (χ2v) is 6.36. The van der Waals surface area contributed by atoms with Gasteiger partial charge in [0.2, 0.25) is 5.95 Å². The number of ether oxygens (including phenoxy) is 1. The summed E-state index contributed by atoms with van der Waals surface area (Å²) in [7, 11) is 0. The lowest BCUT2D eigenvalue weighted by Gasteiger charge is -2.23. The normalized spacial score (nSPS) is 14.8. The van der Waals surface area contributed by atoms with Crippen molar-refractivity contribution >= 4 is 11.8 Å². The molecule has 0 radical (unpaired) electrons. The minimum Gasteiger partial charge on any atom is -0.491 e. The van der Waals surface area contributed by atoms with Gasteiger partial charge in [-0.2, -0.15) is 4.98 Å². The smallest absolute Gasteiger partial charge is 0.222 e. The molecule has 1 unspecified atom stereocenters. The van der Waals surface area contributed by atoms with Crippen molar-refractivity contribution in [1.29, 1.82) is 0 Å². The van der Waals surface area contributed by atoms with Gasteiger partial charge in [-0.3, -0.25) is 0 Å². The second-order valence-electron chi connectivity index (χ2n) is 6.36. The van der Waals surface area contributed by atoms with Gasteiger partial charge in [0.1, 0.15) is 18.2 Å². The lowest BCUT2D eigenvalue weighted by molar-refractivity contribution is 0.300. The fraction of sp³-hybridized carbons (Fsp3) is 0.444. The zero-order valence-electron chi connectivity index (χ0n) is 14.5. The first-order valence-corrected chi connectivity index (χ1v) is 8.36. The van der Waals surface area contributed by atoms with Gasteiger partial charge in [0.05, 0.1) is 11.7 Å². The van der Waals surface area contributed by atoms with E-state index in [1.54, 1.807) is 0 Å². The number of nitrogens with zero attached hydrogens (tertiary/aromatic N) is 2. The van der Waals surface area contributed by atoms with E-state index in [0.717, 1.165) is 53.5 Å². The molecule has 6 heteroatoms. The molecule has 128 valence electrons. The van der Waals surface area contributed by atoms with Crippen molar-refractivity contribution in [3.8, 4) is 5.75 Å². The Hall–Kier alpha value is -2.34. The monoisotopic (exact) mass is 327 g/mol. The van der Waals surface area contributed by atoms with Crippen molar-refractivity contribution in [2.45, 2.75) is 39.8 Å². The summed E-state index contributed by atoms with van der Waals surface area (Å²) < 4.78 is 6.03. The number of rotatable bonds is 5. The fourth-order valence-corrected chi connectivity index (χ4v) is 3.01. The van der Waals surface area contributed by atoms with E-state index in [1.165, 1.54) is 0 Å². The van der Waals surface area contributed by atoms with E-state index in [9.17, 15) is 0 Å². The van der Waals surface area contributed by atoms with Gasteiger partial charge in [-0.1, -0.05) is 18.2 Å². The van der Waals surface area contributed by atoms with Crippen LogP contribution in [0.15, 0.2) is 18.2 Å². The average molecular weight is 327 g/mol. The van der Waals surface area contributed by atoms with E-state index < -0.39 is 0 Å². The second kappa shape index (κ2) is 7.05. The molecule has 6 nitrogen and oxygen atoms in total. The molecule has 2 aromatic rings. The molecule has 0 saturated carbocycles. The van der Waals surface area contributed by atoms with Crippen molar-refractivity contribution in [3.05, 3.63) is 40.6 Å². The molecular formula is C18H25N5O. The van der Waals surface area contributed by atoms with Crippen LogP contribution in [0.1, 0.15) is 29.3 Å². The minimum absolute atomic E-state index is 0.109. The summed E-state index contributed by atoms with van der Waals surface area (Å²) in [6.07, 6.45) is 0.905. The summed E-state index contributed by atoms with van der Waals surface area (Å²) in [6, 6.07) is 6.28. The minimum atomic E-state index is 0.109. The van der Waals surface area contributed by atoms with Crippen LogP contribution < -0.4 is 21.1 Å². The summed E-state index contributed by atoms with van der Waals surface area (Å²) in [4.78, 5) is 8.72. The number of nitrogen functional groups attached to an aromatic ring is 1. The highest BCUT2D eigenvalue weighted by molar-refractivity contribution is 5.51. The topological polar surface area (TPSA) is 85.1 Å². The Kier molecular flexibility index (Phi) is 4.85. The largest absolute Gasteiger partial charge is 0.491 e. The molecular weight excluding hydrogens is 302 g/mol. The number of fused-ring (bicyclic) bond motifs is 1. The molecule has 0 aliphatic carbocycles. The van der Waals surface area contributed by atoms with Crippen molar-refractivity contribution in [3.63, 3.8) is 0 Å². The maximum Gasteiger partial charge on any atom is 0.222 e. The maximum absolute atomic E-state index is 6.03. The summed E-state index contributed by atoms with van der Waals surface area (Å²) in [5, 5.41) is 6.75. The number of hydrogen-bond acceptors (Lipinski definition) is 6. The highest BCUT2D eigenvalue weighted by Crippen LogP contribution is 2.24. The number of anilines is 2. The van der Waals surface area contributed by atoms with Gasteiger partial charge >= 0.3 is 0 Å². The Bertz CT molecular complexity index is 711. The van der Waals surface area contributed by atoms with Gasteiger partial charge in [-0.25, -0.2) is 4.98 Å². The Morgan fingerprint density at radius 3 is 2.79 bits per heavy atom. The van der Waals surface area contributed by atoms with Crippen LogP contribution in [0.5, 0.6) is 5.75 Å². The van der Waals surface area contributed by atoms with Crippen molar-refractivity contribution in [1.82, 2.24) is 15.3 Å². The molecule has 0 amide bonds. The third kappa shape index (κ3) is 3.59. The first-order chi connectivity index (χ1) is 11.5. The van der Waals surface area contributed by atoms with Gasteiger partial charge in [-0.05, 0) is 44.9 Å². The Balaban J connectivity index is 1.69. The third-order valence-corrected chi connectivity index (χ3v) is 4.22. The lowest BCUT2D eigenvalue weighted by atomic mass is 10.1. The van der Waals surface area contributed by atoms with Crippen molar-refractivity contribution in [2.75, 3.05) is 24.2 Å². The first kappa shape index (κ1) is 16.5. The quantitative estimate of drug-likeness (QED) is 0.781. The van der Waals surface area contributed by atoms with Crippen LogP contribution >= 0.6 is 0 Å². The molecule has 2 heterocycles. The van der Waals surface area contributed by atoms with Gasteiger partial charge in [0.25, 0.3) is 0 Å². The zero-order valence-corrected chi connectivity index (χ0v) is 14.5. The number of para-hydroxylation sites is 1. The highest BCUT2D eigenvalue weighted by atomic mass is 16.5. The highest BCUT2D eigenvalue weighted by Gasteiger charge is 2.18. The molecule has 0 spiro atoms.